The number of nitrogens with two attached hydrogens (primary N) is 1. The molecule has 1 rings (SSSR count). The van der Waals surface area contributed by atoms with Crippen molar-refractivity contribution >= 4 is 11.9 Å². The van der Waals surface area contributed by atoms with Crippen LogP contribution in [0.4, 0.5) is 10.6 Å². The van der Waals surface area contributed by atoms with Crippen molar-refractivity contribution < 1.29 is 14.6 Å². The molecule has 1 amide bonds. The summed E-state index contributed by atoms with van der Waals surface area (Å²) in [5.41, 5.74) is 6.12. The van der Waals surface area contributed by atoms with Crippen LogP contribution in [0.3, 0.4) is 0 Å². The van der Waals surface area contributed by atoms with Crippen LogP contribution in [-0.2, 0) is 17.9 Å². The van der Waals surface area contributed by atoms with Gasteiger partial charge in [-0.2, -0.15) is 0 Å². The van der Waals surface area contributed by atoms with E-state index in [9.17, 15) is 4.79 Å². The van der Waals surface area contributed by atoms with Crippen molar-refractivity contribution in [3.05, 3.63) is 23.4 Å². The van der Waals surface area contributed by atoms with Gasteiger partial charge < -0.3 is 15.6 Å². The number of carbonyl (C=O) groups is 1. The van der Waals surface area contributed by atoms with E-state index >= 15 is 0 Å². The number of carbonyl (C=O) groups excluding carboxylic acids is 1. The van der Waals surface area contributed by atoms with E-state index in [1.807, 2.05) is 0 Å². The van der Waals surface area contributed by atoms with Gasteiger partial charge >= 0.3 is 6.09 Å². The highest BCUT2D eigenvalue weighted by molar-refractivity contribution is 5.83. The van der Waals surface area contributed by atoms with E-state index in [-0.39, 0.29) is 13.2 Å². The summed E-state index contributed by atoms with van der Waals surface area (Å²) in [5.74, 6) is 0.325. The van der Waals surface area contributed by atoms with Crippen molar-refractivity contribution in [3.8, 4) is 0 Å². The Morgan fingerprint density at radius 2 is 2.17 bits per heavy atom. The number of pyridine rings is 1. The van der Waals surface area contributed by atoms with E-state index in [0.717, 1.165) is 5.56 Å². The Kier molecular flexibility index (Phi) is 4.63. The van der Waals surface area contributed by atoms with E-state index in [0.29, 0.717) is 11.5 Å². The number of nitrogens with one attached hydrogen (secondary N) is 1. The highest BCUT2D eigenvalue weighted by Gasteiger charge is 2.16. The maximum atomic E-state index is 11.5. The van der Waals surface area contributed by atoms with Gasteiger partial charge in [-0.1, -0.05) is 6.07 Å². The van der Waals surface area contributed by atoms with Gasteiger partial charge in [-0.05, 0) is 32.4 Å². The fourth-order valence-electron chi connectivity index (χ4n) is 1.33. The largest absolute Gasteiger partial charge is 0.444 e. The first-order valence-electron chi connectivity index (χ1n) is 5.65. The summed E-state index contributed by atoms with van der Waals surface area (Å²) in [6.45, 7) is 5.38. The number of aromatic nitrogens is 1. The molecule has 0 aromatic carbocycles. The van der Waals surface area contributed by atoms with E-state index in [2.05, 4.69) is 10.3 Å². The molecule has 100 valence electrons. The third-order valence-electron chi connectivity index (χ3n) is 2.07. The number of aliphatic hydroxyl groups is 1. The van der Waals surface area contributed by atoms with Crippen LogP contribution < -0.4 is 11.1 Å². The van der Waals surface area contributed by atoms with Crippen molar-refractivity contribution in [1.82, 2.24) is 4.98 Å². The average molecular weight is 253 g/mol. The van der Waals surface area contributed by atoms with Crippen molar-refractivity contribution in [2.24, 2.45) is 5.73 Å². The summed E-state index contributed by atoms with van der Waals surface area (Å²) in [7, 11) is 0. The summed E-state index contributed by atoms with van der Waals surface area (Å²) in [6.07, 6.45) is -0.584. The number of rotatable bonds is 3. The second-order valence-corrected chi connectivity index (χ2v) is 4.79. The third-order valence-corrected chi connectivity index (χ3v) is 2.07. The van der Waals surface area contributed by atoms with Gasteiger partial charge in [-0.3, -0.25) is 5.32 Å². The zero-order valence-corrected chi connectivity index (χ0v) is 10.9. The first-order valence-corrected chi connectivity index (χ1v) is 5.65. The predicted molar refractivity (Wildman–Crippen MR) is 67.9 cm³/mol. The van der Waals surface area contributed by atoms with E-state index in [1.54, 1.807) is 32.9 Å². The molecule has 1 aromatic heterocycles. The SMILES string of the molecule is CC(C)(C)OC(=O)Nc1ccc(CN)c(CO)n1. The summed E-state index contributed by atoms with van der Waals surface area (Å²) >= 11 is 0. The van der Waals surface area contributed by atoms with Crippen LogP contribution >= 0.6 is 0 Å². The van der Waals surface area contributed by atoms with Gasteiger partial charge in [0.25, 0.3) is 0 Å². The Hall–Kier alpha value is -1.66. The van der Waals surface area contributed by atoms with Crippen molar-refractivity contribution in [2.75, 3.05) is 5.32 Å². The zero-order valence-electron chi connectivity index (χ0n) is 10.9. The summed E-state index contributed by atoms with van der Waals surface area (Å²) in [6, 6.07) is 3.33. The number of hydrogen-bond acceptors (Lipinski definition) is 5. The molecular formula is C12H19N3O3. The fraction of sp³-hybridized carbons (Fsp3) is 0.500. The number of nitrogens with zero attached hydrogens (tertiary/aromatic N) is 1. The molecule has 0 saturated heterocycles. The van der Waals surface area contributed by atoms with Gasteiger partial charge in [0.05, 0.1) is 12.3 Å². The monoisotopic (exact) mass is 253 g/mol. The predicted octanol–water partition coefficient (Wildman–Crippen LogP) is 1.38. The van der Waals surface area contributed by atoms with Crippen LogP contribution in [0.15, 0.2) is 12.1 Å². The zero-order chi connectivity index (χ0) is 13.8. The number of amides is 1. The quantitative estimate of drug-likeness (QED) is 0.756. The maximum Gasteiger partial charge on any atom is 0.413 e. The minimum absolute atomic E-state index is 0.226. The first-order chi connectivity index (χ1) is 8.35. The second-order valence-electron chi connectivity index (χ2n) is 4.79. The first kappa shape index (κ1) is 14.4. The molecule has 0 aliphatic carbocycles. The Morgan fingerprint density at radius 3 is 2.67 bits per heavy atom. The van der Waals surface area contributed by atoms with Gasteiger partial charge in [0.2, 0.25) is 0 Å². The maximum absolute atomic E-state index is 11.5. The lowest BCUT2D eigenvalue weighted by atomic mass is 10.2. The third kappa shape index (κ3) is 4.31. The van der Waals surface area contributed by atoms with Gasteiger partial charge in [-0.25, -0.2) is 9.78 Å². The molecule has 0 aliphatic heterocycles. The molecule has 0 radical (unpaired) electrons. The highest BCUT2D eigenvalue weighted by Crippen LogP contribution is 2.13. The fourth-order valence-corrected chi connectivity index (χ4v) is 1.33. The normalized spacial score (nSPS) is 11.2. The van der Waals surface area contributed by atoms with Crippen molar-refractivity contribution in [3.63, 3.8) is 0 Å². The lowest BCUT2D eigenvalue weighted by molar-refractivity contribution is 0.0635. The molecule has 0 atom stereocenters. The van der Waals surface area contributed by atoms with Crippen LogP contribution in [-0.4, -0.2) is 21.8 Å². The van der Waals surface area contributed by atoms with Gasteiger partial charge in [0.15, 0.2) is 0 Å². The lowest BCUT2D eigenvalue weighted by Crippen LogP contribution is -2.27. The molecule has 0 unspecified atom stereocenters. The molecule has 0 aliphatic rings. The van der Waals surface area contributed by atoms with Crippen LogP contribution in [0.2, 0.25) is 0 Å². The Morgan fingerprint density at radius 1 is 1.50 bits per heavy atom. The smallest absolute Gasteiger partial charge is 0.413 e. The molecule has 0 saturated carbocycles. The summed E-state index contributed by atoms with van der Waals surface area (Å²) in [4.78, 5) is 15.6. The van der Waals surface area contributed by atoms with Crippen LogP contribution in [0.25, 0.3) is 0 Å². The molecule has 0 bridgehead atoms. The van der Waals surface area contributed by atoms with E-state index in [1.165, 1.54) is 0 Å². The Bertz CT molecular complexity index is 427. The molecule has 4 N–H and O–H groups in total. The molecule has 18 heavy (non-hydrogen) atoms. The highest BCUT2D eigenvalue weighted by atomic mass is 16.6. The molecule has 1 heterocycles. The van der Waals surface area contributed by atoms with Crippen molar-refractivity contribution in [2.45, 2.75) is 39.5 Å². The van der Waals surface area contributed by atoms with Gasteiger partial charge in [0, 0.05) is 6.54 Å². The standard InChI is InChI=1S/C12H19N3O3/c1-12(2,3)18-11(17)15-10-5-4-8(6-13)9(7-16)14-10/h4-5,16H,6-7,13H2,1-3H3,(H,14,15,17). The second kappa shape index (κ2) is 5.79. The molecule has 6 heteroatoms. The number of hydrogen-bond donors (Lipinski definition) is 3. The van der Waals surface area contributed by atoms with Gasteiger partial charge in [-0.15, -0.1) is 0 Å². The van der Waals surface area contributed by atoms with Crippen LogP contribution in [0.5, 0.6) is 0 Å². The van der Waals surface area contributed by atoms with Crippen molar-refractivity contribution in [1.29, 1.82) is 0 Å². The summed E-state index contributed by atoms with van der Waals surface area (Å²) in [5, 5.41) is 11.6. The molecule has 1 aromatic rings. The molecule has 6 nitrogen and oxygen atoms in total. The number of aliphatic hydroxyl groups excluding tert-OH is 1. The number of anilines is 1. The number of ether oxygens (including phenoxy) is 1. The average Bonchev–Trinajstić information content (AvgIpc) is 2.26. The van der Waals surface area contributed by atoms with E-state index < -0.39 is 11.7 Å². The minimum atomic E-state index is -0.584. The van der Waals surface area contributed by atoms with Crippen LogP contribution in [0.1, 0.15) is 32.0 Å². The molecule has 0 fully saturated rings. The molecular weight excluding hydrogens is 234 g/mol. The Labute approximate surface area is 106 Å². The van der Waals surface area contributed by atoms with E-state index in [4.69, 9.17) is 15.6 Å². The topological polar surface area (TPSA) is 97.5 Å². The lowest BCUT2D eigenvalue weighted by Gasteiger charge is -2.19. The molecule has 0 spiro atoms. The summed E-state index contributed by atoms with van der Waals surface area (Å²) < 4.78 is 5.09. The van der Waals surface area contributed by atoms with Crippen LogP contribution in [0, 0.1) is 0 Å². The van der Waals surface area contributed by atoms with Gasteiger partial charge in [0.1, 0.15) is 11.4 Å². The minimum Gasteiger partial charge on any atom is -0.444 e. The Balaban J connectivity index is 2.76.